The molecule has 0 radical (unpaired) electrons. The molecule has 0 amide bonds. The van der Waals surface area contributed by atoms with Crippen molar-refractivity contribution < 1.29 is 4.52 Å². The van der Waals surface area contributed by atoms with Gasteiger partial charge in [-0.15, -0.1) is 0 Å². The van der Waals surface area contributed by atoms with Crippen LogP contribution >= 0.6 is 15.9 Å². The smallest absolute Gasteiger partial charge is 0.156 e. The molecule has 0 atom stereocenters. The highest BCUT2D eigenvalue weighted by Crippen LogP contribution is 2.18. The minimum Gasteiger partial charge on any atom is -0.363 e. The zero-order valence-corrected chi connectivity index (χ0v) is 12.2. The molecular weight excluding hydrogens is 296 g/mol. The number of hydrogen-bond acceptors (Lipinski definition) is 5. The van der Waals surface area contributed by atoms with Crippen molar-refractivity contribution in [1.29, 1.82) is 0 Å². The maximum absolute atomic E-state index is 5.13. The summed E-state index contributed by atoms with van der Waals surface area (Å²) in [4.78, 5) is 8.76. The number of aryl methyl sites for hydroxylation is 1. The lowest BCUT2D eigenvalue weighted by atomic mass is 10.2. The van der Waals surface area contributed by atoms with Gasteiger partial charge in [-0.2, -0.15) is 0 Å². The summed E-state index contributed by atoms with van der Waals surface area (Å²) in [6, 6.07) is 3.74. The van der Waals surface area contributed by atoms with Crippen molar-refractivity contribution in [1.82, 2.24) is 15.1 Å². The summed E-state index contributed by atoms with van der Waals surface area (Å²) in [6.07, 6.45) is 0. The summed E-state index contributed by atoms with van der Waals surface area (Å²) in [5.41, 5.74) is 0.874. The van der Waals surface area contributed by atoms with Gasteiger partial charge in [-0.1, -0.05) is 19.0 Å². The zero-order valence-electron chi connectivity index (χ0n) is 10.6. The van der Waals surface area contributed by atoms with Crippen molar-refractivity contribution in [3.63, 3.8) is 0 Å². The Hall–Kier alpha value is -1.43. The first-order chi connectivity index (χ1) is 8.54. The fraction of sp³-hybridized carbons (Fsp3) is 0.417. The molecule has 96 valence electrons. The van der Waals surface area contributed by atoms with Gasteiger partial charge in [0.2, 0.25) is 0 Å². The minimum absolute atomic E-state index is 0.288. The van der Waals surface area contributed by atoms with Gasteiger partial charge in [0, 0.05) is 18.1 Å². The Bertz CT molecular complexity index is 539. The fourth-order valence-electron chi connectivity index (χ4n) is 1.46. The van der Waals surface area contributed by atoms with Gasteiger partial charge in [0.1, 0.15) is 16.2 Å². The lowest BCUT2D eigenvalue weighted by Crippen LogP contribution is -2.05. The first-order valence-corrected chi connectivity index (χ1v) is 6.54. The van der Waals surface area contributed by atoms with Crippen LogP contribution in [0.15, 0.2) is 21.3 Å². The van der Waals surface area contributed by atoms with Crippen LogP contribution in [0.1, 0.15) is 37.0 Å². The van der Waals surface area contributed by atoms with E-state index in [1.807, 2.05) is 19.1 Å². The van der Waals surface area contributed by atoms with E-state index in [0.29, 0.717) is 6.54 Å². The molecule has 0 aliphatic carbocycles. The first kappa shape index (κ1) is 13.0. The van der Waals surface area contributed by atoms with Crippen molar-refractivity contribution in [2.75, 3.05) is 5.32 Å². The molecular formula is C12H15BrN4O. The van der Waals surface area contributed by atoms with E-state index in [2.05, 4.69) is 50.2 Å². The van der Waals surface area contributed by atoms with Crippen LogP contribution in [0.5, 0.6) is 0 Å². The Labute approximate surface area is 114 Å². The average Bonchev–Trinajstić information content (AvgIpc) is 2.72. The van der Waals surface area contributed by atoms with Crippen LogP contribution in [-0.2, 0) is 6.54 Å². The average molecular weight is 311 g/mol. The fourth-order valence-corrected chi connectivity index (χ4v) is 1.86. The van der Waals surface area contributed by atoms with Gasteiger partial charge < -0.3 is 9.84 Å². The van der Waals surface area contributed by atoms with Crippen molar-refractivity contribution in [2.45, 2.75) is 33.2 Å². The van der Waals surface area contributed by atoms with Crippen LogP contribution in [0, 0.1) is 6.92 Å². The molecule has 1 N–H and O–H groups in total. The second-order valence-corrected chi connectivity index (χ2v) is 5.19. The van der Waals surface area contributed by atoms with E-state index in [1.54, 1.807) is 0 Å². The molecule has 0 bridgehead atoms. The summed E-state index contributed by atoms with van der Waals surface area (Å²) < 4.78 is 5.90. The monoisotopic (exact) mass is 310 g/mol. The number of nitrogens with one attached hydrogen (secondary N) is 1. The highest BCUT2D eigenvalue weighted by molar-refractivity contribution is 9.10. The van der Waals surface area contributed by atoms with Gasteiger partial charge in [-0.3, -0.25) is 0 Å². The van der Waals surface area contributed by atoms with Crippen molar-refractivity contribution in [3.05, 3.63) is 34.0 Å². The van der Waals surface area contributed by atoms with E-state index < -0.39 is 0 Å². The molecule has 2 aromatic heterocycles. The van der Waals surface area contributed by atoms with Crippen molar-refractivity contribution >= 4 is 21.7 Å². The van der Waals surface area contributed by atoms with Crippen LogP contribution in [0.4, 0.5) is 5.82 Å². The third-order valence-electron chi connectivity index (χ3n) is 2.35. The quantitative estimate of drug-likeness (QED) is 0.878. The normalized spacial score (nSPS) is 10.9. The van der Waals surface area contributed by atoms with Crippen LogP contribution in [0.3, 0.4) is 0 Å². The van der Waals surface area contributed by atoms with Crippen LogP contribution in [-0.4, -0.2) is 15.1 Å². The summed E-state index contributed by atoms with van der Waals surface area (Å²) in [5.74, 6) is 2.65. The third-order valence-corrected chi connectivity index (χ3v) is 2.76. The van der Waals surface area contributed by atoms with Gasteiger partial charge in [-0.05, 0) is 22.9 Å². The SMILES string of the molecule is Cc1cc(CNc2cc(Br)nc(C(C)C)n2)on1. The number of anilines is 1. The standard InChI is InChI=1S/C12H15BrN4O/c1-7(2)12-15-10(13)5-11(16-12)14-6-9-4-8(3)17-18-9/h4-5,7H,6H2,1-3H3,(H,14,15,16). The number of hydrogen-bond donors (Lipinski definition) is 1. The van der Waals surface area contributed by atoms with Gasteiger partial charge in [-0.25, -0.2) is 9.97 Å². The Kier molecular flexibility index (Phi) is 3.96. The predicted molar refractivity (Wildman–Crippen MR) is 72.4 cm³/mol. The Balaban J connectivity index is 2.09. The molecule has 0 aliphatic rings. The summed E-state index contributed by atoms with van der Waals surface area (Å²) in [5, 5.41) is 7.03. The van der Waals surface area contributed by atoms with Crippen molar-refractivity contribution in [3.8, 4) is 0 Å². The summed E-state index contributed by atoms with van der Waals surface area (Å²) >= 11 is 3.38. The third kappa shape index (κ3) is 3.29. The predicted octanol–water partition coefficient (Wildman–Crippen LogP) is 3.27. The lowest BCUT2D eigenvalue weighted by Gasteiger charge is -2.08. The number of rotatable bonds is 4. The number of aromatic nitrogens is 3. The van der Waals surface area contributed by atoms with E-state index in [-0.39, 0.29) is 5.92 Å². The molecule has 0 saturated carbocycles. The molecule has 0 aromatic carbocycles. The van der Waals surface area contributed by atoms with E-state index in [4.69, 9.17) is 4.52 Å². The Morgan fingerprint density at radius 1 is 1.33 bits per heavy atom. The number of halogens is 1. The molecule has 2 heterocycles. The molecule has 5 nitrogen and oxygen atoms in total. The van der Waals surface area contributed by atoms with Crippen molar-refractivity contribution in [2.24, 2.45) is 0 Å². The molecule has 0 fully saturated rings. The van der Waals surface area contributed by atoms with Gasteiger partial charge in [0.15, 0.2) is 5.76 Å². The number of nitrogens with zero attached hydrogens (tertiary/aromatic N) is 3. The topological polar surface area (TPSA) is 63.8 Å². The summed E-state index contributed by atoms with van der Waals surface area (Å²) in [6.45, 7) is 6.57. The van der Waals surface area contributed by atoms with Crippen LogP contribution in [0.25, 0.3) is 0 Å². The zero-order chi connectivity index (χ0) is 13.1. The van der Waals surface area contributed by atoms with Gasteiger partial charge >= 0.3 is 0 Å². The highest BCUT2D eigenvalue weighted by atomic mass is 79.9. The van der Waals surface area contributed by atoms with Crippen LogP contribution in [0.2, 0.25) is 0 Å². The Morgan fingerprint density at radius 3 is 2.72 bits per heavy atom. The minimum atomic E-state index is 0.288. The van der Waals surface area contributed by atoms with E-state index in [1.165, 1.54) is 0 Å². The largest absolute Gasteiger partial charge is 0.363 e. The molecule has 0 spiro atoms. The maximum atomic E-state index is 5.13. The van der Waals surface area contributed by atoms with E-state index in [0.717, 1.165) is 27.7 Å². The second-order valence-electron chi connectivity index (χ2n) is 4.38. The molecule has 2 rings (SSSR count). The summed E-state index contributed by atoms with van der Waals surface area (Å²) in [7, 11) is 0. The van der Waals surface area contributed by atoms with E-state index in [9.17, 15) is 0 Å². The highest BCUT2D eigenvalue weighted by Gasteiger charge is 2.07. The molecule has 0 saturated heterocycles. The van der Waals surface area contributed by atoms with Gasteiger partial charge in [0.05, 0.1) is 12.2 Å². The molecule has 18 heavy (non-hydrogen) atoms. The molecule has 6 heteroatoms. The van der Waals surface area contributed by atoms with Gasteiger partial charge in [0.25, 0.3) is 0 Å². The second kappa shape index (κ2) is 5.48. The Morgan fingerprint density at radius 2 is 2.11 bits per heavy atom. The lowest BCUT2D eigenvalue weighted by molar-refractivity contribution is 0.384. The molecule has 0 aliphatic heterocycles. The first-order valence-electron chi connectivity index (χ1n) is 5.75. The van der Waals surface area contributed by atoms with E-state index >= 15 is 0 Å². The molecule has 2 aromatic rings. The molecule has 0 unspecified atom stereocenters. The maximum Gasteiger partial charge on any atom is 0.156 e. The van der Waals surface area contributed by atoms with Crippen LogP contribution < -0.4 is 5.32 Å².